The van der Waals surface area contributed by atoms with E-state index in [1.807, 2.05) is 18.2 Å². The second kappa shape index (κ2) is 3.24. The first-order valence-corrected chi connectivity index (χ1v) is 4.14. The topological polar surface area (TPSA) is 46.2 Å². The third kappa shape index (κ3) is 1.73. The number of rotatable bonds is 1. The molecule has 3 heteroatoms. The van der Waals surface area contributed by atoms with Gasteiger partial charge in [0.2, 0.25) is 0 Å². The van der Waals surface area contributed by atoms with Crippen molar-refractivity contribution in [3.05, 3.63) is 28.2 Å². The highest BCUT2D eigenvalue weighted by Crippen LogP contribution is 2.27. The quantitative estimate of drug-likeness (QED) is 0.706. The average Bonchev–Trinajstić information content (AvgIpc) is 1.94. The van der Waals surface area contributed by atoms with E-state index in [4.69, 9.17) is 5.73 Å². The summed E-state index contributed by atoms with van der Waals surface area (Å²) in [5.74, 6) is 0. The highest BCUT2D eigenvalue weighted by atomic mass is 79.9. The van der Waals surface area contributed by atoms with Crippen LogP contribution >= 0.6 is 15.9 Å². The summed E-state index contributed by atoms with van der Waals surface area (Å²) >= 11 is 3.28. The van der Waals surface area contributed by atoms with Gasteiger partial charge < -0.3 is 10.8 Å². The second-order valence-electron chi connectivity index (χ2n) is 2.42. The zero-order valence-electron chi connectivity index (χ0n) is 6.21. The lowest BCUT2D eigenvalue weighted by Crippen LogP contribution is -1.98. The number of anilines is 1. The molecule has 0 heterocycles. The molecule has 11 heavy (non-hydrogen) atoms. The minimum atomic E-state index is -0.507. The van der Waals surface area contributed by atoms with Crippen LogP contribution in [0.2, 0.25) is 0 Å². The molecule has 0 saturated heterocycles. The minimum absolute atomic E-state index is 0.507. The predicted octanol–water partition coefficient (Wildman–Crippen LogP) is 2.08. The van der Waals surface area contributed by atoms with Gasteiger partial charge in [0.25, 0.3) is 0 Å². The number of benzene rings is 1. The number of nitrogen functional groups attached to an aromatic ring is 1. The standard InChI is InChI=1S/C8H10BrNO/c1-5(11)6-3-2-4-7(9)8(6)10/h2-5,11H,10H2,1H3. The van der Waals surface area contributed by atoms with Crippen molar-refractivity contribution in [1.82, 2.24) is 0 Å². The largest absolute Gasteiger partial charge is 0.398 e. The van der Waals surface area contributed by atoms with Crippen LogP contribution in [0.1, 0.15) is 18.6 Å². The fraction of sp³-hybridized carbons (Fsp3) is 0.250. The molecule has 1 unspecified atom stereocenters. The molecule has 2 nitrogen and oxygen atoms in total. The van der Waals surface area contributed by atoms with Gasteiger partial charge in [-0.2, -0.15) is 0 Å². The van der Waals surface area contributed by atoms with Crippen molar-refractivity contribution in [2.75, 3.05) is 5.73 Å². The lowest BCUT2D eigenvalue weighted by Gasteiger charge is -2.08. The molecule has 1 rings (SSSR count). The third-order valence-electron chi connectivity index (χ3n) is 1.54. The summed E-state index contributed by atoms with van der Waals surface area (Å²) in [7, 11) is 0. The van der Waals surface area contributed by atoms with Crippen LogP contribution in [-0.2, 0) is 0 Å². The molecule has 0 radical (unpaired) electrons. The Morgan fingerprint density at radius 3 is 2.64 bits per heavy atom. The van der Waals surface area contributed by atoms with Gasteiger partial charge in [-0.25, -0.2) is 0 Å². The van der Waals surface area contributed by atoms with E-state index >= 15 is 0 Å². The zero-order chi connectivity index (χ0) is 8.43. The van der Waals surface area contributed by atoms with Crippen molar-refractivity contribution in [3.63, 3.8) is 0 Å². The summed E-state index contributed by atoms with van der Waals surface area (Å²) < 4.78 is 0.830. The lowest BCUT2D eigenvalue weighted by molar-refractivity contribution is 0.200. The van der Waals surface area contributed by atoms with E-state index in [2.05, 4.69) is 15.9 Å². The molecule has 0 aromatic heterocycles. The number of halogens is 1. The van der Waals surface area contributed by atoms with Crippen LogP contribution in [0.4, 0.5) is 5.69 Å². The molecule has 0 bridgehead atoms. The second-order valence-corrected chi connectivity index (χ2v) is 3.27. The van der Waals surface area contributed by atoms with Gasteiger partial charge in [0.05, 0.1) is 11.8 Å². The van der Waals surface area contributed by atoms with Gasteiger partial charge >= 0.3 is 0 Å². The lowest BCUT2D eigenvalue weighted by atomic mass is 10.1. The number of hydrogen-bond donors (Lipinski definition) is 2. The Labute approximate surface area is 74.2 Å². The molecule has 1 aromatic carbocycles. The van der Waals surface area contributed by atoms with Crippen molar-refractivity contribution in [3.8, 4) is 0 Å². The van der Waals surface area contributed by atoms with E-state index in [1.165, 1.54) is 0 Å². The summed E-state index contributed by atoms with van der Waals surface area (Å²) in [6.07, 6.45) is -0.507. The highest BCUT2D eigenvalue weighted by Gasteiger charge is 2.06. The minimum Gasteiger partial charge on any atom is -0.398 e. The van der Waals surface area contributed by atoms with E-state index in [-0.39, 0.29) is 0 Å². The molecule has 0 saturated carbocycles. The van der Waals surface area contributed by atoms with Crippen molar-refractivity contribution in [2.45, 2.75) is 13.0 Å². The third-order valence-corrected chi connectivity index (χ3v) is 2.23. The molecular formula is C8H10BrNO. The Morgan fingerprint density at radius 1 is 1.55 bits per heavy atom. The SMILES string of the molecule is CC(O)c1cccc(Br)c1N. The molecule has 0 amide bonds. The van der Waals surface area contributed by atoms with Crippen LogP contribution in [0.3, 0.4) is 0 Å². The molecule has 0 fully saturated rings. The van der Waals surface area contributed by atoms with Crippen molar-refractivity contribution in [1.29, 1.82) is 0 Å². The number of aliphatic hydroxyl groups is 1. The summed E-state index contributed by atoms with van der Waals surface area (Å²) in [4.78, 5) is 0. The zero-order valence-corrected chi connectivity index (χ0v) is 7.80. The van der Waals surface area contributed by atoms with Gasteiger partial charge in [-0.1, -0.05) is 12.1 Å². The predicted molar refractivity (Wildman–Crippen MR) is 49.2 cm³/mol. The smallest absolute Gasteiger partial charge is 0.0782 e. The van der Waals surface area contributed by atoms with Crippen LogP contribution in [0.15, 0.2) is 22.7 Å². The number of hydrogen-bond acceptors (Lipinski definition) is 2. The highest BCUT2D eigenvalue weighted by molar-refractivity contribution is 9.10. The fourth-order valence-electron chi connectivity index (χ4n) is 0.918. The molecule has 3 N–H and O–H groups in total. The van der Waals surface area contributed by atoms with Crippen LogP contribution in [0.25, 0.3) is 0 Å². The maximum absolute atomic E-state index is 9.23. The molecule has 0 spiro atoms. The van der Waals surface area contributed by atoms with Gasteiger partial charge in [-0.3, -0.25) is 0 Å². The molecule has 1 atom stereocenters. The average molecular weight is 216 g/mol. The van der Waals surface area contributed by atoms with E-state index in [9.17, 15) is 5.11 Å². The van der Waals surface area contributed by atoms with Crippen LogP contribution in [0, 0.1) is 0 Å². The molecule has 0 aliphatic rings. The maximum atomic E-state index is 9.23. The fourth-order valence-corrected chi connectivity index (χ4v) is 1.30. The van der Waals surface area contributed by atoms with Crippen molar-refractivity contribution < 1.29 is 5.11 Å². The Balaban J connectivity index is 3.17. The summed E-state index contributed by atoms with van der Waals surface area (Å²) in [6, 6.07) is 5.51. The van der Waals surface area contributed by atoms with Gasteiger partial charge in [-0.05, 0) is 28.9 Å². The Hall–Kier alpha value is -0.540. The molecule has 0 aliphatic heterocycles. The monoisotopic (exact) mass is 215 g/mol. The van der Waals surface area contributed by atoms with E-state index in [0.29, 0.717) is 5.69 Å². The van der Waals surface area contributed by atoms with E-state index in [1.54, 1.807) is 6.92 Å². The van der Waals surface area contributed by atoms with Gasteiger partial charge in [0.1, 0.15) is 0 Å². The molecule has 0 aliphatic carbocycles. The normalized spacial score (nSPS) is 13.0. The Morgan fingerprint density at radius 2 is 2.18 bits per heavy atom. The number of nitrogens with two attached hydrogens (primary N) is 1. The summed E-state index contributed by atoms with van der Waals surface area (Å²) in [6.45, 7) is 1.69. The van der Waals surface area contributed by atoms with Gasteiger partial charge in [0, 0.05) is 10.0 Å². The van der Waals surface area contributed by atoms with Crippen LogP contribution in [0.5, 0.6) is 0 Å². The first-order chi connectivity index (χ1) is 5.13. The van der Waals surface area contributed by atoms with Crippen molar-refractivity contribution in [2.24, 2.45) is 0 Å². The molecular weight excluding hydrogens is 206 g/mol. The number of aliphatic hydroxyl groups excluding tert-OH is 1. The Bertz CT molecular complexity index is 260. The first kappa shape index (κ1) is 8.56. The molecule has 60 valence electrons. The van der Waals surface area contributed by atoms with E-state index < -0.39 is 6.10 Å². The van der Waals surface area contributed by atoms with Gasteiger partial charge in [-0.15, -0.1) is 0 Å². The van der Waals surface area contributed by atoms with Gasteiger partial charge in [0.15, 0.2) is 0 Å². The van der Waals surface area contributed by atoms with E-state index in [0.717, 1.165) is 10.0 Å². The molecule has 1 aromatic rings. The van der Waals surface area contributed by atoms with Crippen LogP contribution < -0.4 is 5.73 Å². The number of para-hydroxylation sites is 1. The summed E-state index contributed by atoms with van der Waals surface area (Å²) in [5.41, 5.74) is 7.05. The maximum Gasteiger partial charge on any atom is 0.0782 e. The van der Waals surface area contributed by atoms with Crippen LogP contribution in [-0.4, -0.2) is 5.11 Å². The summed E-state index contributed by atoms with van der Waals surface area (Å²) in [5, 5.41) is 9.23. The van der Waals surface area contributed by atoms with Crippen molar-refractivity contribution >= 4 is 21.6 Å². The Kier molecular flexibility index (Phi) is 2.52. The first-order valence-electron chi connectivity index (χ1n) is 3.35.